The minimum atomic E-state index is -0.121. The van der Waals surface area contributed by atoms with Crippen molar-refractivity contribution in [1.82, 2.24) is 5.32 Å². The lowest BCUT2D eigenvalue weighted by atomic mass is 9.42. The Kier molecular flexibility index (Phi) is 9.27. The summed E-state index contributed by atoms with van der Waals surface area (Å²) in [5.74, 6) is 4.16. The molecule has 206 valence electrons. The van der Waals surface area contributed by atoms with Gasteiger partial charge in [-0.2, -0.15) is 0 Å². The number of amides is 1. The first-order valence-corrected chi connectivity index (χ1v) is 15.7. The van der Waals surface area contributed by atoms with Gasteiger partial charge in [0.2, 0.25) is 5.91 Å². The maximum Gasteiger partial charge on any atom is 0.220 e. The van der Waals surface area contributed by atoms with E-state index in [4.69, 9.17) is 0 Å². The lowest BCUT2D eigenvalue weighted by Crippen LogP contribution is -2.57. The highest BCUT2D eigenvalue weighted by Gasteiger charge is 2.62. The second kappa shape index (κ2) is 11.9. The third-order valence-corrected chi connectivity index (χ3v) is 11.7. The Labute approximate surface area is 221 Å². The van der Waals surface area contributed by atoms with Crippen molar-refractivity contribution in [2.45, 2.75) is 149 Å². The Morgan fingerprint density at radius 1 is 1.03 bits per heavy atom. The molecule has 4 aliphatic carbocycles. The van der Waals surface area contributed by atoms with E-state index >= 15 is 0 Å². The minimum Gasteiger partial charge on any atom is -0.393 e. The lowest BCUT2D eigenvalue weighted by molar-refractivity contribution is -0.156. The lowest BCUT2D eigenvalue weighted by Gasteiger charge is -2.62. The minimum absolute atomic E-state index is 0.113. The fourth-order valence-corrected chi connectivity index (χ4v) is 9.57. The maximum absolute atomic E-state index is 12.4. The topological polar surface area (TPSA) is 66.4 Å². The molecule has 0 aromatic carbocycles. The van der Waals surface area contributed by atoms with Crippen LogP contribution in [0.25, 0.3) is 0 Å². The summed E-state index contributed by atoms with van der Waals surface area (Å²) in [5, 5.41) is 14.1. The average Bonchev–Trinajstić information content (AvgIpc) is 3.13. The highest BCUT2D eigenvalue weighted by Crippen LogP contribution is 2.67. The van der Waals surface area contributed by atoms with Gasteiger partial charge in [-0.3, -0.25) is 9.59 Å². The van der Waals surface area contributed by atoms with Crippen molar-refractivity contribution in [3.63, 3.8) is 0 Å². The van der Waals surface area contributed by atoms with Gasteiger partial charge in [-0.25, -0.2) is 0 Å². The normalized spacial score (nSPS) is 40.8. The summed E-state index contributed by atoms with van der Waals surface area (Å²) in [7, 11) is 0. The van der Waals surface area contributed by atoms with Crippen LogP contribution in [0.5, 0.6) is 0 Å². The molecule has 36 heavy (non-hydrogen) atoms. The number of Topliss-reactive ketones (excluding diaryl/α,β-unsaturated/α-hetero) is 1. The summed E-state index contributed by atoms with van der Waals surface area (Å²) in [4.78, 5) is 24.6. The van der Waals surface area contributed by atoms with Crippen molar-refractivity contribution >= 4 is 11.7 Å². The number of nitrogens with one attached hydrogen (secondary N) is 1. The van der Waals surface area contributed by atoms with Crippen LogP contribution in [0.15, 0.2) is 0 Å². The number of carbonyl (C=O) groups excluding carboxylic acids is 2. The van der Waals surface area contributed by atoms with Crippen LogP contribution < -0.4 is 5.32 Å². The van der Waals surface area contributed by atoms with E-state index in [1.165, 1.54) is 51.4 Å². The zero-order chi connectivity index (χ0) is 25.9. The van der Waals surface area contributed by atoms with Gasteiger partial charge in [-0.1, -0.05) is 59.3 Å². The molecule has 0 aromatic heterocycles. The fourth-order valence-electron chi connectivity index (χ4n) is 9.57. The van der Waals surface area contributed by atoms with Gasteiger partial charge in [-0.15, -0.1) is 0 Å². The molecule has 0 spiro atoms. The van der Waals surface area contributed by atoms with Crippen molar-refractivity contribution in [2.24, 2.45) is 40.4 Å². The fraction of sp³-hybridized carbons (Fsp3) is 0.938. The van der Waals surface area contributed by atoms with Gasteiger partial charge in [0.25, 0.3) is 0 Å². The first kappa shape index (κ1) is 28.1. The van der Waals surface area contributed by atoms with Gasteiger partial charge < -0.3 is 10.4 Å². The number of unbranched alkanes of at least 4 members (excludes halogenated alkanes) is 4. The van der Waals surface area contributed by atoms with E-state index in [0.717, 1.165) is 69.1 Å². The van der Waals surface area contributed by atoms with E-state index in [-0.39, 0.29) is 17.4 Å². The van der Waals surface area contributed by atoms with E-state index in [0.29, 0.717) is 35.5 Å². The van der Waals surface area contributed by atoms with Crippen LogP contribution in [0.4, 0.5) is 0 Å². The van der Waals surface area contributed by atoms with Crippen molar-refractivity contribution < 1.29 is 14.7 Å². The van der Waals surface area contributed by atoms with Crippen LogP contribution in [0.1, 0.15) is 137 Å². The van der Waals surface area contributed by atoms with Crippen LogP contribution in [0.2, 0.25) is 0 Å². The molecule has 2 N–H and O–H groups in total. The Balaban J connectivity index is 1.29. The molecule has 4 heteroatoms. The molecule has 9 atom stereocenters. The second-order valence-electron chi connectivity index (χ2n) is 13.9. The molecular weight excluding hydrogens is 446 g/mol. The Morgan fingerprint density at radius 2 is 1.75 bits per heavy atom. The summed E-state index contributed by atoms with van der Waals surface area (Å²) in [6, 6.07) is 0.297. The number of hydrogen-bond donors (Lipinski definition) is 2. The number of aliphatic hydroxyl groups is 1. The quantitative estimate of drug-likeness (QED) is 0.294. The zero-order valence-corrected chi connectivity index (χ0v) is 23.8. The predicted molar refractivity (Wildman–Crippen MR) is 146 cm³/mol. The molecule has 0 heterocycles. The predicted octanol–water partition coefficient (Wildman–Crippen LogP) is 7.22. The number of aliphatic hydroxyl groups excluding tert-OH is 1. The van der Waals surface area contributed by atoms with E-state index in [1.54, 1.807) is 0 Å². The Hall–Kier alpha value is -0.900. The number of rotatable bonds is 11. The molecule has 1 unspecified atom stereocenters. The number of ketones is 1. The van der Waals surface area contributed by atoms with Gasteiger partial charge in [-0.05, 0) is 98.7 Å². The van der Waals surface area contributed by atoms with Gasteiger partial charge in [0.05, 0.1) is 6.10 Å². The Morgan fingerprint density at radius 3 is 2.53 bits per heavy atom. The summed E-state index contributed by atoms with van der Waals surface area (Å²) < 4.78 is 0. The van der Waals surface area contributed by atoms with Crippen LogP contribution >= 0.6 is 0 Å². The van der Waals surface area contributed by atoms with E-state index < -0.39 is 0 Å². The molecule has 0 aromatic rings. The third-order valence-electron chi connectivity index (χ3n) is 11.7. The average molecular weight is 502 g/mol. The molecule has 4 nitrogen and oxygen atoms in total. The van der Waals surface area contributed by atoms with Crippen LogP contribution in [0, 0.1) is 40.4 Å². The molecule has 0 radical (unpaired) electrons. The van der Waals surface area contributed by atoms with Gasteiger partial charge >= 0.3 is 0 Å². The highest BCUT2D eigenvalue weighted by atomic mass is 16.3. The smallest absolute Gasteiger partial charge is 0.220 e. The monoisotopic (exact) mass is 501 g/mol. The van der Waals surface area contributed by atoms with Crippen molar-refractivity contribution in [3.05, 3.63) is 0 Å². The number of hydrogen-bond acceptors (Lipinski definition) is 3. The molecule has 4 aliphatic rings. The summed E-state index contributed by atoms with van der Waals surface area (Å²) in [5.41, 5.74) is 0.446. The molecular formula is C32H55NO3. The summed E-state index contributed by atoms with van der Waals surface area (Å²) in [6.07, 6.45) is 18.5. The van der Waals surface area contributed by atoms with E-state index in [9.17, 15) is 14.7 Å². The largest absolute Gasteiger partial charge is 0.393 e. The van der Waals surface area contributed by atoms with Crippen LogP contribution in [0.3, 0.4) is 0 Å². The highest BCUT2D eigenvalue weighted by molar-refractivity contribution is 5.79. The van der Waals surface area contributed by atoms with Crippen molar-refractivity contribution in [3.8, 4) is 0 Å². The first-order valence-electron chi connectivity index (χ1n) is 15.7. The van der Waals surface area contributed by atoms with Crippen molar-refractivity contribution in [2.75, 3.05) is 0 Å². The number of carbonyl (C=O) groups is 2. The third kappa shape index (κ3) is 5.74. The SMILES string of the molecule is CCCC(C)NC(=O)CCCCCCC[C@@H]1C[C@H]2CC(=O)CC[C@]2(C)[C@H]2CC[C@]3(C)[C@@H](O)CC[C@H]3[C@H]12. The Bertz CT molecular complexity index is 766. The van der Waals surface area contributed by atoms with Crippen LogP contribution in [-0.2, 0) is 9.59 Å². The maximum atomic E-state index is 12.4. The molecule has 0 bridgehead atoms. The van der Waals surface area contributed by atoms with Gasteiger partial charge in [0, 0.05) is 25.3 Å². The molecule has 4 fully saturated rings. The number of fused-ring (bicyclic) bond motifs is 5. The molecule has 0 aliphatic heterocycles. The van der Waals surface area contributed by atoms with E-state index in [2.05, 4.69) is 33.0 Å². The standard InChI is InChI=1S/C32H55NO3/c1-5-11-22(2)33-29(36)13-10-8-6-7-9-12-23-20-24-21-25(34)16-18-31(24,3)27-17-19-32(4)26(30(23)27)14-15-28(32)35/h22-24,26-28,30,35H,5-21H2,1-4H3,(H,33,36)/t22?,23-,24+,26+,27+,28+,30+,31+,32+/m1/s1. The zero-order valence-electron chi connectivity index (χ0n) is 23.8. The molecule has 4 saturated carbocycles. The van der Waals surface area contributed by atoms with Gasteiger partial charge in [0.15, 0.2) is 0 Å². The van der Waals surface area contributed by atoms with Gasteiger partial charge in [0.1, 0.15) is 5.78 Å². The second-order valence-corrected chi connectivity index (χ2v) is 13.9. The summed E-state index contributed by atoms with van der Waals surface area (Å²) >= 11 is 0. The first-order chi connectivity index (χ1) is 17.2. The van der Waals surface area contributed by atoms with Crippen LogP contribution in [-0.4, -0.2) is 28.9 Å². The molecule has 1 amide bonds. The van der Waals surface area contributed by atoms with E-state index in [1.807, 2.05) is 0 Å². The van der Waals surface area contributed by atoms with Crippen molar-refractivity contribution in [1.29, 1.82) is 0 Å². The molecule has 4 rings (SSSR count). The summed E-state index contributed by atoms with van der Waals surface area (Å²) in [6.45, 7) is 9.18. The molecule has 0 saturated heterocycles.